The zero-order valence-corrected chi connectivity index (χ0v) is 17.9. The molecular formula is C24H22N2OS2. The standard InChI is InChI=1S/C24H22N2OS2/c1-16-12-13-19-20(14-16)29-22-21(19)23(27)26(18-10-6-3-7-11-18)24(25-22)28-15-17-8-4-2-5-9-17/h2-11,16H,12-15H2,1H3. The molecule has 2 heterocycles. The van der Waals surface area contributed by atoms with Crippen LogP contribution in [0, 0.1) is 5.92 Å². The summed E-state index contributed by atoms with van der Waals surface area (Å²) in [7, 11) is 0. The number of aryl methyl sites for hydroxylation is 1. The summed E-state index contributed by atoms with van der Waals surface area (Å²) in [6, 6.07) is 20.2. The first kappa shape index (κ1) is 18.6. The van der Waals surface area contributed by atoms with Crippen LogP contribution in [0.25, 0.3) is 15.9 Å². The molecule has 0 saturated heterocycles. The minimum Gasteiger partial charge on any atom is -0.268 e. The Morgan fingerprint density at radius 3 is 2.59 bits per heavy atom. The van der Waals surface area contributed by atoms with Crippen LogP contribution in [-0.4, -0.2) is 9.55 Å². The minimum absolute atomic E-state index is 0.0730. The maximum absolute atomic E-state index is 13.7. The Kier molecular flexibility index (Phi) is 5.02. The maximum atomic E-state index is 13.7. The van der Waals surface area contributed by atoms with Crippen molar-refractivity contribution < 1.29 is 0 Å². The van der Waals surface area contributed by atoms with Crippen molar-refractivity contribution >= 4 is 33.3 Å². The van der Waals surface area contributed by atoms with Crippen molar-refractivity contribution in [3.05, 3.63) is 87.0 Å². The van der Waals surface area contributed by atoms with Gasteiger partial charge in [-0.15, -0.1) is 11.3 Å². The largest absolute Gasteiger partial charge is 0.268 e. The molecule has 1 aliphatic rings. The van der Waals surface area contributed by atoms with Crippen molar-refractivity contribution in [2.75, 3.05) is 0 Å². The second kappa shape index (κ2) is 7.81. The molecule has 1 unspecified atom stereocenters. The number of aromatic nitrogens is 2. The van der Waals surface area contributed by atoms with Crippen LogP contribution in [0.15, 0.2) is 70.6 Å². The van der Waals surface area contributed by atoms with Gasteiger partial charge in [0.2, 0.25) is 0 Å². The van der Waals surface area contributed by atoms with Crippen LogP contribution in [0.5, 0.6) is 0 Å². The second-order valence-corrected chi connectivity index (χ2v) is 9.70. The number of rotatable bonds is 4. The summed E-state index contributed by atoms with van der Waals surface area (Å²) in [5.74, 6) is 1.46. The molecule has 1 atom stereocenters. The van der Waals surface area contributed by atoms with E-state index in [0.717, 1.165) is 46.1 Å². The van der Waals surface area contributed by atoms with Crippen molar-refractivity contribution in [1.82, 2.24) is 9.55 Å². The van der Waals surface area contributed by atoms with E-state index in [4.69, 9.17) is 4.98 Å². The van der Waals surface area contributed by atoms with E-state index in [0.29, 0.717) is 5.92 Å². The van der Waals surface area contributed by atoms with Crippen LogP contribution in [0.4, 0.5) is 0 Å². The molecule has 146 valence electrons. The van der Waals surface area contributed by atoms with Gasteiger partial charge >= 0.3 is 0 Å². The molecule has 4 aromatic rings. The maximum Gasteiger partial charge on any atom is 0.267 e. The molecule has 3 nitrogen and oxygen atoms in total. The highest BCUT2D eigenvalue weighted by Crippen LogP contribution is 2.37. The van der Waals surface area contributed by atoms with E-state index in [1.807, 2.05) is 48.5 Å². The van der Waals surface area contributed by atoms with Crippen LogP contribution < -0.4 is 5.56 Å². The zero-order valence-electron chi connectivity index (χ0n) is 16.3. The van der Waals surface area contributed by atoms with Gasteiger partial charge in [-0.05, 0) is 48.4 Å². The third kappa shape index (κ3) is 3.53. The van der Waals surface area contributed by atoms with E-state index >= 15 is 0 Å². The van der Waals surface area contributed by atoms with Gasteiger partial charge in [-0.3, -0.25) is 9.36 Å². The first-order valence-corrected chi connectivity index (χ1v) is 11.8. The van der Waals surface area contributed by atoms with Gasteiger partial charge in [-0.1, -0.05) is 67.2 Å². The molecule has 1 aliphatic carbocycles. The number of thioether (sulfide) groups is 1. The van der Waals surface area contributed by atoms with E-state index in [9.17, 15) is 4.79 Å². The molecule has 0 aliphatic heterocycles. The average molecular weight is 419 g/mol. The number of thiophene rings is 1. The third-order valence-electron chi connectivity index (χ3n) is 5.52. The van der Waals surface area contributed by atoms with Crippen LogP contribution in [-0.2, 0) is 18.6 Å². The van der Waals surface area contributed by atoms with Gasteiger partial charge in [0.25, 0.3) is 5.56 Å². The third-order valence-corrected chi connectivity index (χ3v) is 7.68. The predicted molar refractivity (Wildman–Crippen MR) is 122 cm³/mol. The molecule has 2 aromatic carbocycles. The number of nitrogens with zero attached hydrogens (tertiary/aromatic N) is 2. The molecule has 5 rings (SSSR count). The number of fused-ring (bicyclic) bond motifs is 3. The van der Waals surface area contributed by atoms with E-state index in [-0.39, 0.29) is 5.56 Å². The molecule has 0 saturated carbocycles. The zero-order chi connectivity index (χ0) is 19.8. The molecule has 29 heavy (non-hydrogen) atoms. The van der Waals surface area contributed by atoms with Gasteiger partial charge in [0.05, 0.1) is 11.1 Å². The Labute approximate surface area is 178 Å². The molecule has 0 spiro atoms. The smallest absolute Gasteiger partial charge is 0.267 e. The van der Waals surface area contributed by atoms with Crippen molar-refractivity contribution in [3.63, 3.8) is 0 Å². The SMILES string of the molecule is CC1CCc2c(sc3nc(SCc4ccccc4)n(-c4ccccc4)c(=O)c23)C1. The Hall–Kier alpha value is -2.37. The summed E-state index contributed by atoms with van der Waals surface area (Å²) >= 11 is 3.35. The molecule has 0 amide bonds. The molecule has 2 aromatic heterocycles. The van der Waals surface area contributed by atoms with Crippen molar-refractivity contribution in [2.24, 2.45) is 5.92 Å². The lowest BCUT2D eigenvalue weighted by atomic mass is 9.89. The highest BCUT2D eigenvalue weighted by molar-refractivity contribution is 7.98. The summed E-state index contributed by atoms with van der Waals surface area (Å²) in [6.45, 7) is 2.30. The molecule has 0 N–H and O–H groups in total. The molecule has 5 heteroatoms. The lowest BCUT2D eigenvalue weighted by molar-refractivity contribution is 0.509. The summed E-state index contributed by atoms with van der Waals surface area (Å²) in [5.41, 5.74) is 3.42. The number of para-hydroxylation sites is 1. The van der Waals surface area contributed by atoms with Gasteiger partial charge in [-0.25, -0.2) is 4.98 Å². The van der Waals surface area contributed by atoms with Gasteiger partial charge in [0, 0.05) is 10.6 Å². The fraction of sp³-hybridized carbons (Fsp3) is 0.250. The normalized spacial score (nSPS) is 16.1. The van der Waals surface area contributed by atoms with E-state index < -0.39 is 0 Å². The summed E-state index contributed by atoms with van der Waals surface area (Å²) in [6.07, 6.45) is 3.19. The van der Waals surface area contributed by atoms with E-state index in [2.05, 4.69) is 19.1 Å². The minimum atomic E-state index is 0.0730. The van der Waals surface area contributed by atoms with Crippen LogP contribution in [0.3, 0.4) is 0 Å². The molecular weight excluding hydrogens is 396 g/mol. The monoisotopic (exact) mass is 418 g/mol. The lowest BCUT2D eigenvalue weighted by Crippen LogP contribution is -2.22. The van der Waals surface area contributed by atoms with Crippen LogP contribution in [0.2, 0.25) is 0 Å². The highest BCUT2D eigenvalue weighted by atomic mass is 32.2. The number of benzene rings is 2. The Balaban J connectivity index is 1.67. The van der Waals surface area contributed by atoms with Crippen molar-refractivity contribution in [2.45, 2.75) is 37.1 Å². The molecule has 0 fully saturated rings. The Morgan fingerprint density at radius 1 is 1.10 bits per heavy atom. The Bertz CT molecular complexity index is 1210. The topological polar surface area (TPSA) is 34.9 Å². The number of hydrogen-bond donors (Lipinski definition) is 0. The summed E-state index contributed by atoms with van der Waals surface area (Å²) in [4.78, 5) is 20.9. The molecule has 0 radical (unpaired) electrons. The van der Waals surface area contributed by atoms with Crippen molar-refractivity contribution in [1.29, 1.82) is 0 Å². The fourth-order valence-electron chi connectivity index (χ4n) is 3.99. The second-order valence-electron chi connectivity index (χ2n) is 7.68. The average Bonchev–Trinajstić information content (AvgIpc) is 3.11. The van der Waals surface area contributed by atoms with Crippen molar-refractivity contribution in [3.8, 4) is 5.69 Å². The van der Waals surface area contributed by atoms with Crippen LogP contribution in [0.1, 0.15) is 29.3 Å². The first-order valence-electron chi connectivity index (χ1n) is 10.00. The molecule has 0 bridgehead atoms. The van der Waals surface area contributed by atoms with Gasteiger partial charge in [0.1, 0.15) is 4.83 Å². The number of hydrogen-bond acceptors (Lipinski definition) is 4. The first-order chi connectivity index (χ1) is 14.2. The van der Waals surface area contributed by atoms with Gasteiger partial charge in [0.15, 0.2) is 5.16 Å². The summed E-state index contributed by atoms with van der Waals surface area (Å²) < 4.78 is 1.81. The highest BCUT2D eigenvalue weighted by Gasteiger charge is 2.25. The lowest BCUT2D eigenvalue weighted by Gasteiger charge is -2.17. The summed E-state index contributed by atoms with van der Waals surface area (Å²) in [5, 5.41) is 1.61. The Morgan fingerprint density at radius 2 is 1.83 bits per heavy atom. The van der Waals surface area contributed by atoms with Crippen LogP contribution >= 0.6 is 23.1 Å². The van der Waals surface area contributed by atoms with Gasteiger partial charge in [-0.2, -0.15) is 0 Å². The van der Waals surface area contributed by atoms with E-state index in [1.165, 1.54) is 16.0 Å². The quantitative estimate of drug-likeness (QED) is 0.307. The fourth-order valence-corrected chi connectivity index (χ4v) is 6.39. The van der Waals surface area contributed by atoms with Gasteiger partial charge < -0.3 is 0 Å². The van der Waals surface area contributed by atoms with E-state index in [1.54, 1.807) is 27.7 Å². The predicted octanol–water partition coefficient (Wildman–Crippen LogP) is 5.86.